The SMILES string of the molecule is CCC(I)OC(=O)[C@H](C)NP(=O)(OC[C@H]1O[C@@H](n2ccc(N)nc2=O)[C@](C)(F)[C@@H]1O)Oc1ccccc1. The molecule has 204 valence electrons. The summed E-state index contributed by atoms with van der Waals surface area (Å²) in [5.41, 5.74) is 2.17. The molecule has 0 spiro atoms. The summed E-state index contributed by atoms with van der Waals surface area (Å²) in [5.74, 6) is -0.587. The molecule has 0 aliphatic carbocycles. The van der Waals surface area contributed by atoms with Crippen LogP contribution in [0.25, 0.3) is 0 Å². The Morgan fingerprint density at radius 3 is 2.70 bits per heavy atom. The molecular weight excluding hydrogens is 625 g/mol. The number of nitrogen functional groups attached to an aromatic ring is 1. The van der Waals surface area contributed by atoms with Gasteiger partial charge >= 0.3 is 19.4 Å². The number of hydrogen-bond donors (Lipinski definition) is 3. The lowest BCUT2D eigenvalue weighted by Crippen LogP contribution is -2.43. The van der Waals surface area contributed by atoms with E-state index in [0.717, 1.165) is 11.5 Å². The number of nitrogens with zero attached hydrogens (tertiary/aromatic N) is 2. The Morgan fingerprint density at radius 1 is 1.41 bits per heavy atom. The van der Waals surface area contributed by atoms with E-state index < -0.39 is 60.3 Å². The molecule has 4 N–H and O–H groups in total. The second kappa shape index (κ2) is 12.2. The Balaban J connectivity index is 1.78. The maximum atomic E-state index is 15.5. The van der Waals surface area contributed by atoms with Crippen molar-refractivity contribution in [2.24, 2.45) is 0 Å². The number of para-hydroxylation sites is 1. The zero-order valence-corrected chi connectivity index (χ0v) is 23.4. The third-order valence-electron chi connectivity index (χ3n) is 5.47. The number of hydrogen-bond acceptors (Lipinski definition) is 10. The molecule has 12 nitrogen and oxygen atoms in total. The molecule has 1 aliphatic heterocycles. The number of nitrogens with two attached hydrogens (primary N) is 1. The Morgan fingerprint density at radius 2 is 2.08 bits per heavy atom. The number of nitrogens with one attached hydrogen (secondary N) is 1. The number of esters is 1. The minimum absolute atomic E-state index is 0.0641. The average molecular weight is 654 g/mol. The minimum atomic E-state index is -4.30. The van der Waals surface area contributed by atoms with Gasteiger partial charge in [0.2, 0.25) is 0 Å². The van der Waals surface area contributed by atoms with Crippen LogP contribution in [0, 0.1) is 0 Å². The van der Waals surface area contributed by atoms with Crippen molar-refractivity contribution in [2.45, 2.75) is 61.4 Å². The van der Waals surface area contributed by atoms with Crippen LogP contribution in [0.15, 0.2) is 47.4 Å². The molecule has 0 radical (unpaired) electrons. The number of anilines is 1. The molecule has 0 amide bonds. The first-order valence-electron chi connectivity index (χ1n) is 11.3. The summed E-state index contributed by atoms with van der Waals surface area (Å²) in [6.07, 6.45) is -2.94. The number of carbonyl (C=O) groups excluding carboxylic acids is 1. The van der Waals surface area contributed by atoms with Crippen molar-refractivity contribution >= 4 is 42.1 Å². The van der Waals surface area contributed by atoms with E-state index in [2.05, 4.69) is 10.1 Å². The predicted octanol–water partition coefficient (Wildman–Crippen LogP) is 2.71. The second-order valence-corrected chi connectivity index (χ2v) is 11.6. The molecule has 1 saturated heterocycles. The summed E-state index contributed by atoms with van der Waals surface area (Å²) in [6.45, 7) is 3.69. The van der Waals surface area contributed by atoms with Crippen molar-refractivity contribution in [3.63, 3.8) is 0 Å². The second-order valence-electron chi connectivity index (χ2n) is 8.47. The number of alkyl halides is 2. The van der Waals surface area contributed by atoms with Gasteiger partial charge in [0.05, 0.1) is 6.61 Å². The molecule has 2 unspecified atom stereocenters. The lowest BCUT2D eigenvalue weighted by atomic mass is 9.98. The number of aromatic nitrogens is 2. The maximum Gasteiger partial charge on any atom is 0.459 e. The van der Waals surface area contributed by atoms with E-state index >= 15 is 4.39 Å². The van der Waals surface area contributed by atoms with Crippen molar-refractivity contribution in [1.29, 1.82) is 0 Å². The van der Waals surface area contributed by atoms with Gasteiger partial charge in [0, 0.05) is 6.20 Å². The van der Waals surface area contributed by atoms with Crippen molar-refractivity contribution in [3.8, 4) is 5.75 Å². The molecular formula is C22H29FIN4O8P. The van der Waals surface area contributed by atoms with E-state index in [9.17, 15) is 19.3 Å². The van der Waals surface area contributed by atoms with Gasteiger partial charge in [-0.3, -0.25) is 13.9 Å². The van der Waals surface area contributed by atoms with Gasteiger partial charge in [-0.15, -0.1) is 0 Å². The summed E-state index contributed by atoms with van der Waals surface area (Å²) >= 11 is 1.95. The maximum absolute atomic E-state index is 15.5. The normalized spacial score (nSPS) is 26.7. The fourth-order valence-electron chi connectivity index (χ4n) is 3.44. The number of aliphatic hydroxyl groups is 1. The molecule has 0 saturated carbocycles. The fraction of sp³-hybridized carbons (Fsp3) is 0.500. The molecule has 1 aromatic heterocycles. The van der Waals surface area contributed by atoms with E-state index in [4.69, 9.17) is 24.3 Å². The van der Waals surface area contributed by atoms with Gasteiger partial charge in [-0.2, -0.15) is 10.1 Å². The van der Waals surface area contributed by atoms with Gasteiger partial charge in [-0.05, 0) is 61.1 Å². The highest BCUT2D eigenvalue weighted by Crippen LogP contribution is 2.47. The van der Waals surface area contributed by atoms with Gasteiger partial charge < -0.3 is 24.8 Å². The first kappa shape index (κ1) is 29.5. The van der Waals surface area contributed by atoms with Crippen molar-refractivity contribution in [3.05, 3.63) is 53.1 Å². The molecule has 7 atom stereocenters. The highest BCUT2D eigenvalue weighted by atomic mass is 127. The lowest BCUT2D eigenvalue weighted by Gasteiger charge is -2.25. The third-order valence-corrected chi connectivity index (χ3v) is 8.25. The largest absolute Gasteiger partial charge is 0.459 e. The summed E-state index contributed by atoms with van der Waals surface area (Å²) in [4.78, 5) is 28.2. The molecule has 2 aromatic rings. The summed E-state index contributed by atoms with van der Waals surface area (Å²) < 4.78 is 51.5. The smallest absolute Gasteiger partial charge is 0.451 e. The molecule has 1 aromatic carbocycles. The first-order chi connectivity index (χ1) is 17.4. The summed E-state index contributed by atoms with van der Waals surface area (Å²) in [6, 6.07) is 8.22. The third kappa shape index (κ3) is 7.27. The van der Waals surface area contributed by atoms with Crippen LogP contribution in [-0.2, 0) is 23.4 Å². The summed E-state index contributed by atoms with van der Waals surface area (Å²) in [5, 5.41) is 13.1. The monoisotopic (exact) mass is 654 g/mol. The topological polar surface area (TPSA) is 164 Å². The number of aliphatic hydroxyl groups excluding tert-OH is 1. The lowest BCUT2D eigenvalue weighted by molar-refractivity contribution is -0.146. The number of benzene rings is 1. The van der Waals surface area contributed by atoms with Crippen LogP contribution < -0.4 is 21.0 Å². The summed E-state index contributed by atoms with van der Waals surface area (Å²) in [7, 11) is -4.30. The zero-order chi connectivity index (χ0) is 27.4. The van der Waals surface area contributed by atoms with Crippen molar-refractivity contribution < 1.29 is 37.4 Å². The first-order valence-corrected chi connectivity index (χ1v) is 14.1. The molecule has 15 heteroatoms. The molecule has 37 heavy (non-hydrogen) atoms. The van der Waals surface area contributed by atoms with E-state index in [1.165, 1.54) is 31.3 Å². The Bertz CT molecular complexity index is 1190. The zero-order valence-electron chi connectivity index (χ0n) is 20.3. The van der Waals surface area contributed by atoms with Crippen molar-refractivity contribution in [2.75, 3.05) is 12.3 Å². The molecule has 0 bridgehead atoms. The van der Waals surface area contributed by atoms with Gasteiger partial charge in [-0.1, -0.05) is 25.1 Å². The molecule has 3 rings (SSSR count). The highest BCUT2D eigenvalue weighted by Gasteiger charge is 2.56. The Labute approximate surface area is 226 Å². The van der Waals surface area contributed by atoms with Crippen LogP contribution >= 0.6 is 30.3 Å². The Kier molecular flexibility index (Phi) is 9.69. The average Bonchev–Trinajstić information content (AvgIpc) is 3.06. The van der Waals surface area contributed by atoms with Crippen LogP contribution in [0.5, 0.6) is 5.75 Å². The van der Waals surface area contributed by atoms with Gasteiger partial charge in [-0.25, -0.2) is 13.8 Å². The van der Waals surface area contributed by atoms with Crippen LogP contribution in [0.3, 0.4) is 0 Å². The van der Waals surface area contributed by atoms with E-state index in [-0.39, 0.29) is 11.6 Å². The highest BCUT2D eigenvalue weighted by molar-refractivity contribution is 14.1. The number of carbonyl (C=O) groups is 1. The molecule has 1 fully saturated rings. The van der Waals surface area contributed by atoms with Crippen LogP contribution in [0.4, 0.5) is 10.2 Å². The molecule has 2 heterocycles. The van der Waals surface area contributed by atoms with Crippen LogP contribution in [0.1, 0.15) is 33.4 Å². The van der Waals surface area contributed by atoms with Crippen LogP contribution in [-0.4, -0.2) is 55.3 Å². The number of ether oxygens (including phenoxy) is 2. The van der Waals surface area contributed by atoms with Crippen LogP contribution in [0.2, 0.25) is 0 Å². The van der Waals surface area contributed by atoms with E-state index in [0.29, 0.717) is 6.42 Å². The van der Waals surface area contributed by atoms with E-state index in [1.807, 2.05) is 29.5 Å². The standard InChI is InChI=1S/C22H29FIN4O8P/c1-4-16(24)35-19(30)13(2)27-37(32,36-14-8-6-5-7-9-14)33-12-15-18(29)22(3,23)20(34-15)28-11-10-17(25)26-21(28)31/h5-11,13,15-16,18,20,29H,4,12H2,1-3H3,(H,27,32)(H2,25,26,31)/t13-,15+,16?,18+,20+,22+,37?/m0/s1. The quantitative estimate of drug-likeness (QED) is 0.141. The number of rotatable bonds is 11. The Hall–Kier alpha value is -2.10. The van der Waals surface area contributed by atoms with E-state index in [1.54, 1.807) is 18.2 Å². The van der Waals surface area contributed by atoms with Crippen molar-refractivity contribution in [1.82, 2.24) is 14.6 Å². The minimum Gasteiger partial charge on any atom is -0.451 e. The predicted molar refractivity (Wildman–Crippen MR) is 140 cm³/mol. The van der Waals surface area contributed by atoms with Gasteiger partial charge in [0.15, 0.2) is 16.0 Å². The molecule has 1 aliphatic rings. The van der Waals surface area contributed by atoms with Gasteiger partial charge in [0.1, 0.15) is 29.8 Å². The fourth-order valence-corrected chi connectivity index (χ4v) is 5.19. The van der Waals surface area contributed by atoms with Gasteiger partial charge in [0.25, 0.3) is 0 Å². The number of halogens is 2.